The second-order valence-corrected chi connectivity index (χ2v) is 10.3. The molecule has 0 unspecified atom stereocenters. The molecule has 0 aliphatic carbocycles. The van der Waals surface area contributed by atoms with Gasteiger partial charge in [-0.1, -0.05) is 30.3 Å². The van der Waals surface area contributed by atoms with E-state index in [0.717, 1.165) is 48.0 Å². The van der Waals surface area contributed by atoms with E-state index in [2.05, 4.69) is 25.4 Å². The number of hydrogen-bond acceptors (Lipinski definition) is 8. The van der Waals surface area contributed by atoms with Crippen molar-refractivity contribution in [3.63, 3.8) is 0 Å². The Morgan fingerprint density at radius 3 is 2.73 bits per heavy atom. The third-order valence-corrected chi connectivity index (χ3v) is 8.27. The minimum absolute atomic E-state index is 0.287. The van der Waals surface area contributed by atoms with Gasteiger partial charge in [-0.15, -0.1) is 11.3 Å². The molecule has 0 spiro atoms. The first-order valence-electron chi connectivity index (χ1n) is 12.0. The number of benzene rings is 3. The predicted molar refractivity (Wildman–Crippen MR) is 146 cm³/mol. The van der Waals surface area contributed by atoms with E-state index in [-0.39, 0.29) is 12.6 Å². The van der Waals surface area contributed by atoms with E-state index in [0.29, 0.717) is 37.0 Å². The zero-order valence-electron chi connectivity index (χ0n) is 19.9. The van der Waals surface area contributed by atoms with Gasteiger partial charge >= 0.3 is 5.97 Å². The van der Waals surface area contributed by atoms with Crippen LogP contribution in [0.3, 0.4) is 0 Å². The zero-order chi connectivity index (χ0) is 24.9. The van der Waals surface area contributed by atoms with Gasteiger partial charge in [-0.2, -0.15) is 8.75 Å². The molecule has 0 atom stereocenters. The molecule has 184 valence electrons. The Labute approximate surface area is 220 Å². The van der Waals surface area contributed by atoms with Crippen LogP contribution < -0.4 is 9.47 Å². The Morgan fingerprint density at radius 2 is 1.84 bits per heavy atom. The summed E-state index contributed by atoms with van der Waals surface area (Å²) in [6, 6.07) is 20.2. The lowest BCUT2D eigenvalue weighted by molar-refractivity contribution is 0.0516. The van der Waals surface area contributed by atoms with Gasteiger partial charge in [0, 0.05) is 22.2 Å². The van der Waals surface area contributed by atoms with E-state index < -0.39 is 0 Å². The number of carbonyl (C=O) groups excluding carboxylic acids is 1. The summed E-state index contributed by atoms with van der Waals surface area (Å²) in [5.41, 5.74) is 6.05. The van der Waals surface area contributed by atoms with Gasteiger partial charge in [0.15, 0.2) is 11.5 Å². The van der Waals surface area contributed by atoms with Gasteiger partial charge in [-0.3, -0.25) is 0 Å². The molecule has 9 heteroatoms. The molecule has 0 amide bonds. The summed E-state index contributed by atoms with van der Waals surface area (Å²) in [6.07, 6.45) is 0. The van der Waals surface area contributed by atoms with Crippen molar-refractivity contribution >= 4 is 60.4 Å². The van der Waals surface area contributed by atoms with Crippen molar-refractivity contribution in [1.82, 2.24) is 13.3 Å². The van der Waals surface area contributed by atoms with E-state index >= 15 is 0 Å². The number of rotatable bonds is 5. The van der Waals surface area contributed by atoms with Gasteiger partial charge in [-0.25, -0.2) is 4.79 Å². The maximum Gasteiger partial charge on any atom is 0.355 e. The number of hydrogen-bond donors (Lipinski definition) is 0. The largest absolute Gasteiger partial charge is 0.486 e. The van der Waals surface area contributed by atoms with Crippen molar-refractivity contribution in [3.8, 4) is 22.6 Å². The Morgan fingerprint density at radius 1 is 1.00 bits per heavy atom. The molecule has 1 aliphatic rings. The van der Waals surface area contributed by atoms with Crippen LogP contribution >= 0.6 is 23.1 Å². The molecule has 7 nitrogen and oxygen atoms in total. The highest BCUT2D eigenvalue weighted by atomic mass is 32.1. The van der Waals surface area contributed by atoms with Gasteiger partial charge in [0.05, 0.1) is 28.6 Å². The highest BCUT2D eigenvalue weighted by Gasteiger charge is 2.29. The normalized spacial score (nSPS) is 13.0. The Balaban J connectivity index is 1.52. The lowest BCUT2D eigenvalue weighted by Crippen LogP contribution is -2.16. The van der Waals surface area contributed by atoms with Crippen LogP contribution in [0.1, 0.15) is 23.0 Å². The summed E-state index contributed by atoms with van der Waals surface area (Å²) in [6.45, 7) is 3.62. The fourth-order valence-corrected chi connectivity index (χ4v) is 6.76. The maximum atomic E-state index is 13.6. The lowest BCUT2D eigenvalue weighted by Gasteiger charge is -2.19. The Bertz CT molecular complexity index is 1820. The van der Waals surface area contributed by atoms with Crippen molar-refractivity contribution in [2.75, 3.05) is 19.8 Å². The fourth-order valence-electron chi connectivity index (χ4n) is 4.97. The molecule has 6 aromatic rings. The fraction of sp³-hybridized carbons (Fsp3) is 0.179. The first kappa shape index (κ1) is 22.3. The van der Waals surface area contributed by atoms with E-state index in [1.165, 1.54) is 11.7 Å². The van der Waals surface area contributed by atoms with E-state index in [1.807, 2.05) is 55.5 Å². The molecule has 0 saturated heterocycles. The number of carbonyl (C=O) groups is 1. The van der Waals surface area contributed by atoms with E-state index in [1.54, 1.807) is 11.3 Å². The Kier molecular flexibility index (Phi) is 5.33. The van der Waals surface area contributed by atoms with Crippen molar-refractivity contribution < 1.29 is 19.0 Å². The zero-order valence-corrected chi connectivity index (χ0v) is 21.5. The van der Waals surface area contributed by atoms with Crippen LogP contribution in [-0.2, 0) is 11.3 Å². The first-order valence-corrected chi connectivity index (χ1v) is 13.6. The monoisotopic (exact) mass is 527 g/mol. The summed E-state index contributed by atoms with van der Waals surface area (Å²) in [5.74, 6) is 1.04. The summed E-state index contributed by atoms with van der Waals surface area (Å²) >= 11 is 2.88. The van der Waals surface area contributed by atoms with Crippen LogP contribution in [-0.4, -0.2) is 39.1 Å². The number of ether oxygens (including phenoxy) is 3. The summed E-state index contributed by atoms with van der Waals surface area (Å²) < 4.78 is 30.3. The molecule has 37 heavy (non-hydrogen) atoms. The second kappa shape index (κ2) is 8.86. The van der Waals surface area contributed by atoms with Crippen LogP contribution in [0.25, 0.3) is 42.5 Å². The minimum atomic E-state index is -0.351. The maximum absolute atomic E-state index is 13.6. The first-order chi connectivity index (χ1) is 18.2. The Hall–Kier alpha value is -3.95. The van der Waals surface area contributed by atoms with E-state index in [9.17, 15) is 4.79 Å². The number of esters is 1. The number of aromatic nitrogens is 3. The quantitative estimate of drug-likeness (QED) is 0.238. The summed E-state index contributed by atoms with van der Waals surface area (Å²) in [4.78, 5) is 13.6. The molecule has 3 aromatic heterocycles. The standard InChI is InChI=1S/C28H21N3O4S2/c1-2-33-28(32)26-24(17-8-10-21-22(14-17)35-12-11-34-21)27-25(18-5-3-4-6-23(18)36-27)31(26)15-16-7-9-19-20(13-16)30-37-29-19/h3-10,13-14H,2,11-12,15H2,1H3. The van der Waals surface area contributed by atoms with Crippen LogP contribution in [0.15, 0.2) is 60.7 Å². The average Bonchev–Trinajstić information content (AvgIpc) is 3.62. The van der Waals surface area contributed by atoms with Crippen molar-refractivity contribution in [1.29, 1.82) is 0 Å². The van der Waals surface area contributed by atoms with Crippen LogP contribution in [0.2, 0.25) is 0 Å². The number of fused-ring (bicyclic) bond motifs is 5. The molecule has 0 N–H and O–H groups in total. The number of thiophene rings is 1. The smallest absolute Gasteiger partial charge is 0.355 e. The molecule has 0 fully saturated rings. The van der Waals surface area contributed by atoms with Crippen molar-refractivity contribution in [2.24, 2.45) is 0 Å². The molecular formula is C28H21N3O4S2. The van der Waals surface area contributed by atoms with Gasteiger partial charge in [0.2, 0.25) is 0 Å². The molecule has 1 aliphatic heterocycles. The second-order valence-electron chi connectivity index (χ2n) is 8.75. The molecule has 0 bridgehead atoms. The van der Waals surface area contributed by atoms with Gasteiger partial charge in [0.1, 0.15) is 29.9 Å². The summed E-state index contributed by atoms with van der Waals surface area (Å²) in [7, 11) is 0. The molecule has 4 heterocycles. The average molecular weight is 528 g/mol. The lowest BCUT2D eigenvalue weighted by atomic mass is 10.0. The molecule has 7 rings (SSSR count). The van der Waals surface area contributed by atoms with Crippen molar-refractivity contribution in [2.45, 2.75) is 13.5 Å². The number of nitrogens with zero attached hydrogens (tertiary/aromatic N) is 3. The highest BCUT2D eigenvalue weighted by molar-refractivity contribution is 7.26. The van der Waals surface area contributed by atoms with Crippen LogP contribution in [0.5, 0.6) is 11.5 Å². The molecule has 0 radical (unpaired) electrons. The third-order valence-electron chi connectivity index (χ3n) is 6.53. The van der Waals surface area contributed by atoms with E-state index in [4.69, 9.17) is 14.2 Å². The minimum Gasteiger partial charge on any atom is -0.486 e. The molecule has 3 aromatic carbocycles. The van der Waals surface area contributed by atoms with Crippen LogP contribution in [0, 0.1) is 0 Å². The van der Waals surface area contributed by atoms with Crippen LogP contribution in [0.4, 0.5) is 0 Å². The summed E-state index contributed by atoms with van der Waals surface area (Å²) in [5, 5.41) is 1.10. The topological polar surface area (TPSA) is 75.5 Å². The van der Waals surface area contributed by atoms with Crippen molar-refractivity contribution in [3.05, 3.63) is 71.9 Å². The highest BCUT2D eigenvalue weighted by Crippen LogP contribution is 2.46. The van der Waals surface area contributed by atoms with Gasteiger partial charge < -0.3 is 18.8 Å². The molecular weight excluding hydrogens is 506 g/mol. The predicted octanol–water partition coefficient (Wildman–Crippen LogP) is 6.52. The van der Waals surface area contributed by atoms with Gasteiger partial charge in [-0.05, 0) is 48.4 Å². The molecule has 0 saturated carbocycles. The SMILES string of the molecule is CCOC(=O)c1c(-c2ccc3c(c2)OCCO3)c2sc3ccccc3c2n1Cc1ccc2nsnc2c1. The third kappa shape index (κ3) is 3.65. The van der Waals surface area contributed by atoms with Gasteiger partial charge in [0.25, 0.3) is 0 Å².